The molecule has 0 unspecified atom stereocenters. The van der Waals surface area contributed by atoms with E-state index in [4.69, 9.17) is 0 Å². The van der Waals surface area contributed by atoms with Crippen LogP contribution in [0.1, 0.15) is 0 Å². The summed E-state index contributed by atoms with van der Waals surface area (Å²) in [6, 6.07) is 0. The van der Waals surface area contributed by atoms with E-state index in [-0.39, 0.29) is 14.9 Å². The first-order valence-corrected chi connectivity index (χ1v) is 2.80. The third kappa shape index (κ3) is 11.8. The van der Waals surface area contributed by atoms with E-state index in [2.05, 4.69) is 9.19 Å². The summed E-state index contributed by atoms with van der Waals surface area (Å²) in [7, 11) is 4.58. The molecule has 0 radical (unpaired) electrons. The quantitative estimate of drug-likeness (QED) is 0.459. The molecule has 0 aliphatic carbocycles. The van der Waals surface area contributed by atoms with Crippen LogP contribution in [0.2, 0.25) is 0 Å². The molecule has 0 fully saturated rings. The average molecular weight is 262 g/mol. The molecule has 0 aromatic carbocycles. The van der Waals surface area contributed by atoms with Crippen LogP contribution in [-0.2, 0) is 20.0 Å². The van der Waals surface area contributed by atoms with Gasteiger partial charge in [0, 0.05) is 0 Å². The van der Waals surface area contributed by atoms with Crippen molar-refractivity contribution in [2.45, 2.75) is 0 Å². The first-order chi connectivity index (χ1) is 1.00. The summed E-state index contributed by atoms with van der Waals surface area (Å²) in [4.78, 5) is 0. The van der Waals surface area contributed by atoms with E-state index in [1.807, 2.05) is 0 Å². The summed E-state index contributed by atoms with van der Waals surface area (Å²) < 4.78 is 0. The van der Waals surface area contributed by atoms with Crippen molar-refractivity contribution in [3.8, 4) is 0 Å². The molecule has 0 aliphatic rings. The fourth-order valence-electron chi connectivity index (χ4n) is 0. The van der Waals surface area contributed by atoms with Gasteiger partial charge in [0.1, 0.15) is 0 Å². The molecule has 0 saturated heterocycles. The van der Waals surface area contributed by atoms with Crippen LogP contribution in [0.5, 0.6) is 0 Å². The van der Waals surface area contributed by atoms with Crippen LogP contribution < -0.4 is 0 Å². The topological polar surface area (TPSA) is 0 Å². The van der Waals surface area contributed by atoms with E-state index in [9.17, 15) is 0 Å². The van der Waals surface area contributed by atoms with E-state index in [0.717, 1.165) is 0 Å². The summed E-state index contributed by atoms with van der Waals surface area (Å²) in [5.74, 6) is 0. The number of hydrogen-bond acceptors (Lipinski definition) is 0. The van der Waals surface area contributed by atoms with Crippen LogP contribution in [-0.4, -0.2) is 0 Å². The Kier molecular flexibility index (Phi) is 173. The van der Waals surface area contributed by atoms with Crippen LogP contribution in [0.15, 0.2) is 0 Å². The van der Waals surface area contributed by atoms with Gasteiger partial charge in [0.05, 0.1) is 0 Å². The first kappa shape index (κ1) is 19.8. The maximum absolute atomic E-state index is 4.58. The fourth-order valence-corrected chi connectivity index (χ4v) is 0. The Morgan fingerprint density at radius 2 is 1.00 bits per heavy atom. The second-order valence-corrected chi connectivity index (χ2v) is 0. The molecule has 0 aliphatic heterocycles. The molecule has 0 heterocycles. The van der Waals surface area contributed by atoms with Gasteiger partial charge in [-0.2, -0.15) is 0 Å². The van der Waals surface area contributed by atoms with Crippen molar-refractivity contribution < 1.29 is 20.0 Å². The first-order valence-electron chi connectivity index (χ1n) is 0.114. The van der Waals surface area contributed by atoms with E-state index in [1.165, 1.54) is 0 Å². The minimum absolute atomic E-state index is 0. The predicted molar refractivity (Wildman–Crippen MR) is 18.7 cm³/mol. The Labute approximate surface area is 44.3 Å². The summed E-state index contributed by atoms with van der Waals surface area (Å²) in [6.45, 7) is 0. The van der Waals surface area contributed by atoms with Gasteiger partial charge in [-0.25, -0.2) is 0 Å². The van der Waals surface area contributed by atoms with Gasteiger partial charge in [0.25, 0.3) is 0 Å². The molecule has 0 atom stereocenters. The zero-order valence-corrected chi connectivity index (χ0v) is 5.60. The predicted octanol–water partition coefficient (Wildman–Crippen LogP) is 1.59. The minimum atomic E-state index is 0. The molecule has 0 aromatic rings. The van der Waals surface area contributed by atoms with Crippen LogP contribution in [0.3, 0.4) is 0 Å². The molecule has 0 aromatic heterocycles. The van der Waals surface area contributed by atoms with E-state index in [0.29, 0.717) is 0 Å². The Morgan fingerprint density at radius 3 is 1.00 bits per heavy atom. The molecule has 0 amide bonds. The molecule has 4 heavy (non-hydrogen) atoms. The molecule has 0 saturated carbocycles. The van der Waals surface area contributed by atoms with Gasteiger partial charge < -0.3 is 14.9 Å². The van der Waals surface area contributed by atoms with Crippen LogP contribution in [0, 0.1) is 14.9 Å². The van der Waals surface area contributed by atoms with Crippen molar-refractivity contribution in [3.63, 3.8) is 0 Å². The molecular formula is C2H6AuCl-2. The van der Waals surface area contributed by atoms with Crippen molar-refractivity contribution in [2.75, 3.05) is 0 Å². The van der Waals surface area contributed by atoms with Gasteiger partial charge in [0.15, 0.2) is 0 Å². The van der Waals surface area contributed by atoms with E-state index in [1.54, 1.807) is 20.0 Å². The fraction of sp³-hybridized carbons (Fsp3) is 0. The van der Waals surface area contributed by atoms with Crippen molar-refractivity contribution >= 4 is 9.19 Å². The zero-order valence-electron chi connectivity index (χ0n) is 2.68. The Balaban J connectivity index is -0.00000000500. The van der Waals surface area contributed by atoms with Gasteiger partial charge in [-0.15, -0.1) is 0 Å². The normalized spacial score (nSPS) is 1.75. The van der Waals surface area contributed by atoms with Gasteiger partial charge in [-0.05, 0) is 0 Å². The summed E-state index contributed by atoms with van der Waals surface area (Å²) >= 11 is 1.75. The van der Waals surface area contributed by atoms with Gasteiger partial charge in [-0.3, -0.25) is 0 Å². The van der Waals surface area contributed by atoms with Crippen LogP contribution in [0.4, 0.5) is 0 Å². The molecule has 0 rings (SSSR count). The molecule has 34 valence electrons. The third-order valence-corrected chi connectivity index (χ3v) is 0. The molecule has 0 nitrogen and oxygen atoms in total. The number of hydrogen-bond donors (Lipinski definition) is 0. The number of rotatable bonds is 0. The monoisotopic (exact) mass is 262 g/mol. The standard InChI is InChI=1S/2CH3.Au.ClH/h2*1H3;;1H/q2*-1;+1;/p-1. The SMILES string of the molecule is [CH3-].[CH3-].[Cl][Au]. The summed E-state index contributed by atoms with van der Waals surface area (Å²) in [5.41, 5.74) is 0. The molecule has 0 bridgehead atoms. The number of halogens is 1. The Hall–Kier alpha value is 1.03. The zero-order chi connectivity index (χ0) is 2.00. The second kappa shape index (κ2) is 34.9. The van der Waals surface area contributed by atoms with Crippen LogP contribution in [0.25, 0.3) is 0 Å². The summed E-state index contributed by atoms with van der Waals surface area (Å²) in [5, 5.41) is 0. The van der Waals surface area contributed by atoms with E-state index < -0.39 is 0 Å². The molecule has 0 N–H and O–H groups in total. The third-order valence-electron chi connectivity index (χ3n) is 0. The van der Waals surface area contributed by atoms with Crippen molar-refractivity contribution in [1.29, 1.82) is 0 Å². The molecule has 2 heteroatoms. The Bertz CT molecular complexity index is 6.00. The van der Waals surface area contributed by atoms with Crippen molar-refractivity contribution in [2.24, 2.45) is 0 Å². The summed E-state index contributed by atoms with van der Waals surface area (Å²) in [6.07, 6.45) is 0. The van der Waals surface area contributed by atoms with Crippen molar-refractivity contribution in [3.05, 3.63) is 14.9 Å². The van der Waals surface area contributed by atoms with Gasteiger partial charge in [0.2, 0.25) is 0 Å². The van der Waals surface area contributed by atoms with Crippen LogP contribution >= 0.6 is 9.19 Å². The van der Waals surface area contributed by atoms with Gasteiger partial charge >= 0.3 is 29.2 Å². The van der Waals surface area contributed by atoms with Gasteiger partial charge in [-0.1, -0.05) is 0 Å². The van der Waals surface area contributed by atoms with E-state index >= 15 is 0 Å². The second-order valence-electron chi connectivity index (χ2n) is 0. The average Bonchev–Trinajstić information content (AvgIpc) is 1.00. The van der Waals surface area contributed by atoms with Crippen molar-refractivity contribution in [1.82, 2.24) is 0 Å². The molecule has 0 spiro atoms. The Morgan fingerprint density at radius 1 is 1.00 bits per heavy atom. The molecular weight excluding hydrogens is 256 g/mol. The maximum atomic E-state index is 4.58.